The molecule has 5 N–H and O–H groups in total. The Hall–Kier alpha value is -0.170. The minimum absolute atomic E-state index is 0. The Morgan fingerprint density at radius 1 is 0.808 bits per heavy atom. The van der Waals surface area contributed by atoms with Crippen molar-refractivity contribution in [1.82, 2.24) is 0 Å². The van der Waals surface area contributed by atoms with Crippen LogP contribution in [0.5, 0.6) is 0 Å². The molecule has 0 saturated carbocycles. The second-order valence-corrected chi connectivity index (χ2v) is 9.25. The van der Waals surface area contributed by atoms with Crippen LogP contribution in [0.2, 0.25) is 0 Å². The van der Waals surface area contributed by atoms with Gasteiger partial charge in [-0.2, -0.15) is 8.42 Å². The minimum Gasteiger partial charge on any atom is -0.412 e. The number of hydrogen-bond acceptors (Lipinski definition) is 3. The summed E-state index contributed by atoms with van der Waals surface area (Å²) in [5, 5.41) is 0. The van der Waals surface area contributed by atoms with E-state index in [-0.39, 0.29) is 16.8 Å². The average Bonchev–Trinajstić information content (AvgIpc) is 2.57. The monoisotopic (exact) mass is 395 g/mol. The molecular weight excluding hydrogens is 350 g/mol. The SMILES string of the molecule is CCCCCCCCCCC(CCCCS(=O)(=O)O)C(N)(CC)CC.O. The van der Waals surface area contributed by atoms with Gasteiger partial charge in [-0.1, -0.05) is 78.6 Å². The normalized spacial score (nSPS) is 13.4. The summed E-state index contributed by atoms with van der Waals surface area (Å²) in [5.41, 5.74) is 6.50. The summed E-state index contributed by atoms with van der Waals surface area (Å²) >= 11 is 0. The molecule has 0 aliphatic heterocycles. The van der Waals surface area contributed by atoms with Gasteiger partial charge < -0.3 is 11.2 Å². The first-order chi connectivity index (χ1) is 11.8. The minimum atomic E-state index is -3.83. The van der Waals surface area contributed by atoms with Gasteiger partial charge in [-0.15, -0.1) is 0 Å². The van der Waals surface area contributed by atoms with Crippen molar-refractivity contribution in [3.05, 3.63) is 0 Å². The van der Waals surface area contributed by atoms with E-state index in [0.29, 0.717) is 12.3 Å². The zero-order chi connectivity index (χ0) is 19.2. The summed E-state index contributed by atoms with van der Waals surface area (Å²) < 4.78 is 30.6. The van der Waals surface area contributed by atoms with E-state index < -0.39 is 10.1 Å². The van der Waals surface area contributed by atoms with Gasteiger partial charge in [0, 0.05) is 5.54 Å². The first-order valence-corrected chi connectivity index (χ1v) is 12.1. The quantitative estimate of drug-likeness (QED) is 0.270. The molecular formula is C20H45NO4S. The summed E-state index contributed by atoms with van der Waals surface area (Å²) in [6.45, 7) is 6.56. The third-order valence-corrected chi connectivity index (χ3v) is 6.55. The lowest BCUT2D eigenvalue weighted by Crippen LogP contribution is -2.46. The van der Waals surface area contributed by atoms with Crippen molar-refractivity contribution in [2.24, 2.45) is 11.7 Å². The highest BCUT2D eigenvalue weighted by Crippen LogP contribution is 2.31. The van der Waals surface area contributed by atoms with Gasteiger partial charge in [0.1, 0.15) is 0 Å². The Labute approximate surface area is 162 Å². The smallest absolute Gasteiger partial charge is 0.264 e. The molecule has 160 valence electrons. The van der Waals surface area contributed by atoms with Crippen LogP contribution in [0.1, 0.15) is 111 Å². The highest BCUT2D eigenvalue weighted by Gasteiger charge is 2.30. The molecule has 0 bridgehead atoms. The number of hydrogen-bond donors (Lipinski definition) is 2. The fourth-order valence-corrected chi connectivity index (χ4v) is 4.32. The van der Waals surface area contributed by atoms with Crippen LogP contribution in [0.15, 0.2) is 0 Å². The van der Waals surface area contributed by atoms with Crippen molar-refractivity contribution < 1.29 is 18.4 Å². The van der Waals surface area contributed by atoms with Crippen molar-refractivity contribution in [2.45, 2.75) is 116 Å². The van der Waals surface area contributed by atoms with Gasteiger partial charge in [0.05, 0.1) is 5.75 Å². The van der Waals surface area contributed by atoms with E-state index in [0.717, 1.165) is 32.1 Å². The molecule has 0 heterocycles. The van der Waals surface area contributed by atoms with Crippen LogP contribution in [0.4, 0.5) is 0 Å². The Morgan fingerprint density at radius 2 is 1.23 bits per heavy atom. The number of rotatable bonds is 17. The molecule has 0 spiro atoms. The Morgan fingerprint density at radius 3 is 1.65 bits per heavy atom. The van der Waals surface area contributed by atoms with Crippen molar-refractivity contribution in [1.29, 1.82) is 0 Å². The molecule has 1 unspecified atom stereocenters. The van der Waals surface area contributed by atoms with E-state index in [2.05, 4.69) is 20.8 Å². The maximum Gasteiger partial charge on any atom is 0.264 e. The van der Waals surface area contributed by atoms with Crippen LogP contribution in [0.3, 0.4) is 0 Å². The van der Waals surface area contributed by atoms with Gasteiger partial charge in [-0.3, -0.25) is 4.55 Å². The van der Waals surface area contributed by atoms with Gasteiger partial charge >= 0.3 is 0 Å². The summed E-state index contributed by atoms with van der Waals surface area (Å²) in [5.74, 6) is 0.316. The van der Waals surface area contributed by atoms with Crippen LogP contribution in [-0.2, 0) is 10.1 Å². The van der Waals surface area contributed by atoms with E-state index in [1.165, 1.54) is 51.4 Å². The Balaban J connectivity index is 0. The first-order valence-electron chi connectivity index (χ1n) is 10.5. The molecule has 0 aromatic carbocycles. The van der Waals surface area contributed by atoms with Gasteiger partial charge in [-0.05, 0) is 38.0 Å². The van der Waals surface area contributed by atoms with Crippen molar-refractivity contribution in [3.63, 3.8) is 0 Å². The largest absolute Gasteiger partial charge is 0.412 e. The number of nitrogens with two attached hydrogens (primary N) is 1. The van der Waals surface area contributed by atoms with Gasteiger partial charge in [0.2, 0.25) is 0 Å². The van der Waals surface area contributed by atoms with E-state index in [1.807, 2.05) is 0 Å². The molecule has 0 radical (unpaired) electrons. The zero-order valence-electron chi connectivity index (χ0n) is 17.4. The lowest BCUT2D eigenvalue weighted by molar-refractivity contribution is 0.214. The maximum absolute atomic E-state index is 10.9. The highest BCUT2D eigenvalue weighted by atomic mass is 32.2. The van der Waals surface area contributed by atoms with Crippen LogP contribution >= 0.6 is 0 Å². The molecule has 0 rings (SSSR count). The predicted molar refractivity (Wildman–Crippen MR) is 112 cm³/mol. The highest BCUT2D eigenvalue weighted by molar-refractivity contribution is 7.85. The van der Waals surface area contributed by atoms with Crippen molar-refractivity contribution in [3.8, 4) is 0 Å². The Kier molecular flexibility index (Phi) is 17.1. The van der Waals surface area contributed by atoms with Crippen LogP contribution in [-0.4, -0.2) is 29.7 Å². The summed E-state index contributed by atoms with van der Waals surface area (Å²) in [6.07, 6.45) is 15.9. The standard InChI is InChI=1S/C20H43NO3S.H2O/c1-4-7-8-9-10-11-12-13-16-19(20(21,5-2)6-3)17-14-15-18-25(22,23)24;/h19H,4-18,21H2,1-3H3,(H,22,23,24);1H2. The van der Waals surface area contributed by atoms with Gasteiger partial charge in [0.15, 0.2) is 0 Å². The molecule has 0 amide bonds. The van der Waals surface area contributed by atoms with E-state index in [4.69, 9.17) is 10.3 Å². The van der Waals surface area contributed by atoms with Crippen molar-refractivity contribution >= 4 is 10.1 Å². The van der Waals surface area contributed by atoms with Gasteiger partial charge in [-0.25, -0.2) is 0 Å². The second-order valence-electron chi connectivity index (χ2n) is 7.68. The fourth-order valence-electron chi connectivity index (χ4n) is 3.75. The summed E-state index contributed by atoms with van der Waals surface area (Å²) in [7, 11) is -3.83. The predicted octanol–water partition coefficient (Wildman–Crippen LogP) is 4.88. The first kappa shape index (κ1) is 28.0. The lowest BCUT2D eigenvalue weighted by atomic mass is 9.75. The Bertz CT molecular complexity index is 408. The van der Waals surface area contributed by atoms with Gasteiger partial charge in [0.25, 0.3) is 10.1 Å². The van der Waals surface area contributed by atoms with E-state index in [9.17, 15) is 8.42 Å². The molecule has 0 saturated heterocycles. The van der Waals surface area contributed by atoms with E-state index >= 15 is 0 Å². The third-order valence-electron chi connectivity index (χ3n) is 5.74. The molecule has 5 nitrogen and oxygen atoms in total. The summed E-state index contributed by atoms with van der Waals surface area (Å²) in [6, 6.07) is 0. The van der Waals surface area contributed by atoms with Crippen LogP contribution < -0.4 is 5.73 Å². The molecule has 0 aliphatic carbocycles. The molecule has 0 fully saturated rings. The van der Waals surface area contributed by atoms with Crippen LogP contribution in [0.25, 0.3) is 0 Å². The van der Waals surface area contributed by atoms with Crippen LogP contribution in [0, 0.1) is 5.92 Å². The molecule has 6 heteroatoms. The fraction of sp³-hybridized carbons (Fsp3) is 1.00. The topological polar surface area (TPSA) is 112 Å². The molecule has 0 aromatic heterocycles. The second kappa shape index (κ2) is 15.8. The third kappa shape index (κ3) is 14.0. The maximum atomic E-state index is 10.9. The molecule has 0 aromatic rings. The molecule has 1 atom stereocenters. The molecule has 0 aliphatic rings. The average molecular weight is 396 g/mol. The summed E-state index contributed by atoms with van der Waals surface area (Å²) in [4.78, 5) is 0. The van der Waals surface area contributed by atoms with E-state index in [1.54, 1.807) is 0 Å². The lowest BCUT2D eigenvalue weighted by Gasteiger charge is -2.36. The van der Waals surface area contributed by atoms with Crippen molar-refractivity contribution in [2.75, 3.05) is 5.75 Å². The molecule has 26 heavy (non-hydrogen) atoms. The zero-order valence-corrected chi connectivity index (χ0v) is 18.2. The number of unbranched alkanes of at least 4 members (excludes halogenated alkanes) is 8.